The fourth-order valence-corrected chi connectivity index (χ4v) is 4.29. The number of nitro groups is 1. The number of aryl methyl sites for hydroxylation is 1. The number of rotatable bonds is 10. The molecule has 0 radical (unpaired) electrons. The Morgan fingerprint density at radius 2 is 1.94 bits per heavy atom. The van der Waals surface area contributed by atoms with Gasteiger partial charge in [0.05, 0.1) is 29.0 Å². The van der Waals surface area contributed by atoms with Crippen molar-refractivity contribution >= 4 is 52.1 Å². The lowest BCUT2D eigenvalue weighted by atomic mass is 10.1. The van der Waals surface area contributed by atoms with E-state index in [-0.39, 0.29) is 34.2 Å². The number of ketones is 1. The number of esters is 1. The number of anilines is 1. The molecule has 0 unspecified atom stereocenters. The number of nitro benzene ring substituents is 1. The molecule has 0 saturated heterocycles. The molecule has 11 nitrogen and oxygen atoms in total. The predicted molar refractivity (Wildman–Crippen MR) is 125 cm³/mol. The molecule has 0 spiro atoms. The standard InChI is InChI=1S/C21H18N4O7S2/c1-12-23-24-21(34-12)33-11-19(27)22-16-9-14(6-7-18(16)31-2)20(28)32-10-17(26)13-4-3-5-15(8-13)25(29)30/h3-9H,10-11H2,1-2H3,(H,22,27). The zero-order valence-electron chi connectivity index (χ0n) is 18.0. The van der Waals surface area contributed by atoms with Gasteiger partial charge in [0.25, 0.3) is 5.69 Å². The molecule has 1 aromatic heterocycles. The number of non-ortho nitro benzene ring substituents is 1. The molecule has 13 heteroatoms. The summed E-state index contributed by atoms with van der Waals surface area (Å²) in [5.74, 6) is -1.35. The largest absolute Gasteiger partial charge is 0.495 e. The minimum absolute atomic E-state index is 0.0489. The van der Waals surface area contributed by atoms with Crippen LogP contribution in [0.5, 0.6) is 5.75 Å². The smallest absolute Gasteiger partial charge is 0.338 e. The molecule has 2 aromatic carbocycles. The van der Waals surface area contributed by atoms with Gasteiger partial charge in [-0.05, 0) is 25.1 Å². The Kier molecular flexibility index (Phi) is 8.27. The third-order valence-corrected chi connectivity index (χ3v) is 6.23. The van der Waals surface area contributed by atoms with Gasteiger partial charge in [-0.1, -0.05) is 35.2 Å². The molecule has 0 aliphatic heterocycles. The van der Waals surface area contributed by atoms with Crippen LogP contribution in [0.25, 0.3) is 0 Å². The Morgan fingerprint density at radius 3 is 2.62 bits per heavy atom. The van der Waals surface area contributed by atoms with Crippen LogP contribution in [0.4, 0.5) is 11.4 Å². The highest BCUT2D eigenvalue weighted by atomic mass is 32.2. The summed E-state index contributed by atoms with van der Waals surface area (Å²) in [6.45, 7) is 1.21. The third kappa shape index (κ3) is 6.59. The van der Waals surface area contributed by atoms with Crippen molar-refractivity contribution in [1.29, 1.82) is 0 Å². The summed E-state index contributed by atoms with van der Waals surface area (Å²) >= 11 is 2.60. The van der Waals surface area contributed by atoms with Gasteiger partial charge in [0.15, 0.2) is 10.9 Å². The Bertz CT molecular complexity index is 1250. The van der Waals surface area contributed by atoms with Gasteiger partial charge in [-0.2, -0.15) is 0 Å². The maximum Gasteiger partial charge on any atom is 0.338 e. The average molecular weight is 503 g/mol. The first-order chi connectivity index (χ1) is 16.3. The minimum atomic E-state index is -0.810. The van der Waals surface area contributed by atoms with Crippen LogP contribution in [0.1, 0.15) is 25.7 Å². The second-order valence-electron chi connectivity index (χ2n) is 6.65. The van der Waals surface area contributed by atoms with Crippen LogP contribution in [0.2, 0.25) is 0 Å². The lowest BCUT2D eigenvalue weighted by molar-refractivity contribution is -0.384. The van der Waals surface area contributed by atoms with E-state index in [2.05, 4.69) is 15.5 Å². The number of methoxy groups -OCH3 is 1. The molecular weight excluding hydrogens is 484 g/mol. The van der Waals surface area contributed by atoms with Crippen LogP contribution < -0.4 is 10.1 Å². The summed E-state index contributed by atoms with van der Waals surface area (Å²) in [5, 5.41) is 22.2. The summed E-state index contributed by atoms with van der Waals surface area (Å²) < 4.78 is 10.9. The van der Waals surface area contributed by atoms with Crippen molar-refractivity contribution in [3.8, 4) is 5.75 Å². The highest BCUT2D eigenvalue weighted by Crippen LogP contribution is 2.27. The van der Waals surface area contributed by atoms with Crippen LogP contribution >= 0.6 is 23.1 Å². The van der Waals surface area contributed by atoms with Crippen LogP contribution in [0, 0.1) is 17.0 Å². The molecule has 1 amide bonds. The summed E-state index contributed by atoms with van der Waals surface area (Å²) in [6, 6.07) is 9.41. The summed E-state index contributed by atoms with van der Waals surface area (Å²) in [5.41, 5.74) is 0.135. The second kappa shape index (κ2) is 11.3. The van der Waals surface area contributed by atoms with Gasteiger partial charge >= 0.3 is 5.97 Å². The lowest BCUT2D eigenvalue weighted by Gasteiger charge is -2.12. The number of hydrogen-bond donors (Lipinski definition) is 1. The number of nitrogens with zero attached hydrogens (tertiary/aromatic N) is 3. The van der Waals surface area contributed by atoms with Gasteiger partial charge in [-0.3, -0.25) is 19.7 Å². The van der Waals surface area contributed by atoms with Gasteiger partial charge in [0.1, 0.15) is 10.8 Å². The number of nitrogens with one attached hydrogen (secondary N) is 1. The first-order valence-corrected chi connectivity index (χ1v) is 11.4. The molecule has 176 valence electrons. The highest BCUT2D eigenvalue weighted by Gasteiger charge is 2.17. The highest BCUT2D eigenvalue weighted by molar-refractivity contribution is 8.01. The first kappa shape index (κ1) is 24.8. The fourth-order valence-electron chi connectivity index (χ4n) is 2.67. The molecule has 0 aliphatic carbocycles. The molecule has 0 saturated carbocycles. The van der Waals surface area contributed by atoms with E-state index in [1.54, 1.807) is 0 Å². The van der Waals surface area contributed by atoms with Crippen molar-refractivity contribution < 1.29 is 28.8 Å². The van der Waals surface area contributed by atoms with Crippen LogP contribution in [0.3, 0.4) is 0 Å². The lowest BCUT2D eigenvalue weighted by Crippen LogP contribution is -2.17. The quantitative estimate of drug-likeness (QED) is 0.143. The molecule has 34 heavy (non-hydrogen) atoms. The number of Topliss-reactive ketones (excluding diaryl/α,β-unsaturated/α-hetero) is 1. The van der Waals surface area contributed by atoms with Crippen LogP contribution in [-0.2, 0) is 9.53 Å². The minimum Gasteiger partial charge on any atom is -0.495 e. The van der Waals surface area contributed by atoms with Crippen molar-refractivity contribution in [2.45, 2.75) is 11.3 Å². The van der Waals surface area contributed by atoms with Crippen molar-refractivity contribution in [3.05, 3.63) is 68.7 Å². The average Bonchev–Trinajstić information content (AvgIpc) is 3.26. The monoisotopic (exact) mass is 502 g/mol. The Hall–Kier alpha value is -3.84. The SMILES string of the molecule is COc1ccc(C(=O)OCC(=O)c2cccc([N+](=O)[O-])c2)cc1NC(=O)CSc1nnc(C)s1. The summed E-state index contributed by atoms with van der Waals surface area (Å²) in [7, 11) is 1.42. The molecule has 0 atom stereocenters. The van der Waals surface area contributed by atoms with Crippen molar-refractivity contribution in [2.24, 2.45) is 0 Å². The molecule has 0 aliphatic rings. The van der Waals surface area contributed by atoms with E-state index >= 15 is 0 Å². The number of benzene rings is 2. The summed E-state index contributed by atoms with van der Waals surface area (Å²) in [4.78, 5) is 47.3. The third-order valence-electron chi connectivity index (χ3n) is 4.26. The molecule has 0 fully saturated rings. The van der Waals surface area contributed by atoms with Gasteiger partial charge in [0, 0.05) is 17.7 Å². The van der Waals surface area contributed by atoms with E-state index in [0.29, 0.717) is 10.1 Å². The van der Waals surface area contributed by atoms with Crippen molar-refractivity contribution in [3.63, 3.8) is 0 Å². The van der Waals surface area contributed by atoms with E-state index in [1.165, 1.54) is 66.6 Å². The number of hydrogen-bond acceptors (Lipinski definition) is 11. The van der Waals surface area contributed by atoms with Gasteiger partial charge in [-0.25, -0.2) is 4.79 Å². The van der Waals surface area contributed by atoms with Gasteiger partial charge in [-0.15, -0.1) is 10.2 Å². The van der Waals surface area contributed by atoms with Gasteiger partial charge in [0.2, 0.25) is 11.7 Å². The molecular formula is C21H18N4O7S2. The Balaban J connectivity index is 1.62. The second-order valence-corrected chi connectivity index (χ2v) is 9.05. The van der Waals surface area contributed by atoms with Crippen LogP contribution in [0.15, 0.2) is 46.8 Å². The number of carbonyl (C=O) groups excluding carboxylic acids is 3. The van der Waals surface area contributed by atoms with E-state index < -0.39 is 23.3 Å². The number of amides is 1. The topological polar surface area (TPSA) is 151 Å². The number of carbonyl (C=O) groups is 3. The zero-order chi connectivity index (χ0) is 24.7. The molecule has 1 heterocycles. The van der Waals surface area contributed by atoms with E-state index in [1.807, 2.05) is 6.92 Å². The number of aromatic nitrogens is 2. The van der Waals surface area contributed by atoms with E-state index in [0.717, 1.165) is 11.1 Å². The van der Waals surface area contributed by atoms with E-state index in [4.69, 9.17) is 9.47 Å². The number of thioether (sulfide) groups is 1. The fraction of sp³-hybridized carbons (Fsp3) is 0.190. The first-order valence-electron chi connectivity index (χ1n) is 9.62. The molecule has 3 rings (SSSR count). The van der Waals surface area contributed by atoms with Crippen LogP contribution in [-0.4, -0.2) is 52.2 Å². The molecule has 1 N–H and O–H groups in total. The van der Waals surface area contributed by atoms with Crippen molar-refractivity contribution in [2.75, 3.05) is 24.8 Å². The maximum atomic E-state index is 12.5. The van der Waals surface area contributed by atoms with E-state index in [9.17, 15) is 24.5 Å². The van der Waals surface area contributed by atoms with Crippen molar-refractivity contribution in [1.82, 2.24) is 10.2 Å². The zero-order valence-corrected chi connectivity index (χ0v) is 19.6. The normalized spacial score (nSPS) is 10.4. The summed E-state index contributed by atoms with van der Waals surface area (Å²) in [6.07, 6.45) is 0. The van der Waals surface area contributed by atoms with Gasteiger partial charge < -0.3 is 14.8 Å². The molecule has 3 aromatic rings. The predicted octanol–water partition coefficient (Wildman–Crippen LogP) is 3.53. The maximum absolute atomic E-state index is 12.5. The number of ether oxygens (including phenoxy) is 2. The Labute approximate surface area is 201 Å². The Morgan fingerprint density at radius 1 is 1.15 bits per heavy atom. The molecule has 0 bridgehead atoms.